The van der Waals surface area contributed by atoms with Crippen LogP contribution in [0.4, 0.5) is 0 Å². The number of likely N-dealkylation sites (N-methyl/N-ethyl adjacent to an activating group) is 1. The van der Waals surface area contributed by atoms with Crippen LogP contribution in [0.15, 0.2) is 42.5 Å². The van der Waals surface area contributed by atoms with Crippen LogP contribution in [0.5, 0.6) is 11.5 Å². The van der Waals surface area contributed by atoms with Gasteiger partial charge >= 0.3 is 0 Å². The van der Waals surface area contributed by atoms with Crippen molar-refractivity contribution in [2.75, 3.05) is 40.0 Å². The van der Waals surface area contributed by atoms with Crippen molar-refractivity contribution in [1.29, 1.82) is 0 Å². The van der Waals surface area contributed by atoms with E-state index in [0.29, 0.717) is 35.0 Å². The average Bonchev–Trinajstić information content (AvgIpc) is 2.79. The fraction of sp³-hybridized carbons (Fsp3) is 0.435. The van der Waals surface area contributed by atoms with Crippen molar-refractivity contribution >= 4 is 29.1 Å². The van der Waals surface area contributed by atoms with Crippen LogP contribution in [0.3, 0.4) is 0 Å². The van der Waals surface area contributed by atoms with Crippen LogP contribution in [-0.2, 0) is 16.1 Å². The molecule has 0 unspecified atom stereocenters. The Morgan fingerprint density at radius 2 is 1.97 bits per heavy atom. The Labute approximate surface area is 193 Å². The van der Waals surface area contributed by atoms with Gasteiger partial charge < -0.3 is 19.5 Å². The van der Waals surface area contributed by atoms with Gasteiger partial charge in [0, 0.05) is 43.4 Å². The topological polar surface area (TPSA) is 60.0 Å². The number of hydrogen-bond donors (Lipinski definition) is 1. The Morgan fingerprint density at radius 3 is 2.77 bits per heavy atom. The molecule has 0 radical (unpaired) electrons. The molecule has 1 aliphatic heterocycles. The van der Waals surface area contributed by atoms with Gasteiger partial charge in [0.15, 0.2) is 6.61 Å². The monoisotopic (exact) mass is 466 g/mol. The van der Waals surface area contributed by atoms with Gasteiger partial charge in [-0.3, -0.25) is 9.69 Å². The number of ether oxygens (including phenoxy) is 3. The van der Waals surface area contributed by atoms with Crippen LogP contribution < -0.4 is 14.8 Å². The van der Waals surface area contributed by atoms with Crippen molar-refractivity contribution in [2.24, 2.45) is 0 Å². The van der Waals surface area contributed by atoms with E-state index < -0.39 is 0 Å². The molecule has 0 aromatic heterocycles. The normalized spacial score (nSPS) is 14.5. The van der Waals surface area contributed by atoms with E-state index >= 15 is 0 Å². The lowest BCUT2D eigenvalue weighted by Gasteiger charge is -2.31. The molecule has 0 atom stereocenters. The van der Waals surface area contributed by atoms with E-state index in [0.717, 1.165) is 43.9 Å². The summed E-state index contributed by atoms with van der Waals surface area (Å²) in [5, 5.41) is 3.74. The first-order chi connectivity index (χ1) is 15.0. The molecule has 1 fully saturated rings. The lowest BCUT2D eigenvalue weighted by molar-refractivity contribution is -0.123. The second-order valence-corrected chi connectivity index (χ2v) is 8.30. The van der Waals surface area contributed by atoms with Crippen molar-refractivity contribution in [2.45, 2.75) is 25.4 Å². The van der Waals surface area contributed by atoms with E-state index in [1.54, 1.807) is 18.2 Å². The lowest BCUT2D eigenvalue weighted by atomic mass is 10.1. The van der Waals surface area contributed by atoms with Crippen molar-refractivity contribution in [3.63, 3.8) is 0 Å². The minimum absolute atomic E-state index is 0.144. The van der Waals surface area contributed by atoms with Gasteiger partial charge in [0.25, 0.3) is 5.91 Å². The third-order valence-electron chi connectivity index (χ3n) is 5.17. The minimum Gasteiger partial charge on any atom is -0.492 e. The molecule has 8 heteroatoms. The van der Waals surface area contributed by atoms with Crippen molar-refractivity contribution < 1.29 is 19.0 Å². The molecule has 1 saturated heterocycles. The summed E-state index contributed by atoms with van der Waals surface area (Å²) in [6.07, 6.45) is 2.14. The van der Waals surface area contributed by atoms with Gasteiger partial charge in [0.05, 0.1) is 5.02 Å². The van der Waals surface area contributed by atoms with E-state index in [9.17, 15) is 4.79 Å². The van der Waals surface area contributed by atoms with Crippen LogP contribution in [0, 0.1) is 0 Å². The highest BCUT2D eigenvalue weighted by atomic mass is 35.5. The van der Waals surface area contributed by atoms with Crippen LogP contribution in [-0.4, -0.2) is 56.9 Å². The van der Waals surface area contributed by atoms with E-state index in [4.69, 9.17) is 37.4 Å². The molecule has 2 aromatic rings. The Hall–Kier alpha value is -1.99. The van der Waals surface area contributed by atoms with Gasteiger partial charge in [0.1, 0.15) is 18.1 Å². The molecule has 0 spiro atoms. The molecule has 1 heterocycles. The van der Waals surface area contributed by atoms with Gasteiger partial charge in [-0.2, -0.15) is 0 Å². The number of halogens is 2. The summed E-state index contributed by atoms with van der Waals surface area (Å²) >= 11 is 12.0. The highest BCUT2D eigenvalue weighted by molar-refractivity contribution is 6.34. The Kier molecular flexibility index (Phi) is 9.28. The predicted molar refractivity (Wildman–Crippen MR) is 122 cm³/mol. The number of nitrogens with zero attached hydrogens (tertiary/aromatic N) is 1. The molecule has 3 rings (SSSR count). The molecule has 0 saturated carbocycles. The van der Waals surface area contributed by atoms with Gasteiger partial charge in [-0.05, 0) is 49.7 Å². The summed E-state index contributed by atoms with van der Waals surface area (Å²) in [7, 11) is 2.13. The van der Waals surface area contributed by atoms with Gasteiger partial charge in [-0.1, -0.05) is 35.3 Å². The average molecular weight is 467 g/mol. The molecule has 31 heavy (non-hydrogen) atoms. The number of amides is 1. The number of carbonyl (C=O) groups is 1. The maximum Gasteiger partial charge on any atom is 0.258 e. The highest BCUT2D eigenvalue weighted by Crippen LogP contribution is 2.27. The summed E-state index contributed by atoms with van der Waals surface area (Å²) in [6, 6.07) is 13.1. The van der Waals surface area contributed by atoms with Gasteiger partial charge in [-0.15, -0.1) is 0 Å². The zero-order valence-electron chi connectivity index (χ0n) is 17.6. The molecule has 168 valence electrons. The Morgan fingerprint density at radius 1 is 1.16 bits per heavy atom. The van der Waals surface area contributed by atoms with E-state index in [1.165, 1.54) is 0 Å². The first-order valence-electron chi connectivity index (χ1n) is 10.4. The van der Waals surface area contributed by atoms with Crippen LogP contribution >= 0.6 is 23.2 Å². The number of nitrogens with one attached hydrogen (secondary N) is 1. The zero-order chi connectivity index (χ0) is 22.1. The van der Waals surface area contributed by atoms with E-state index in [-0.39, 0.29) is 12.5 Å². The molecule has 6 nitrogen and oxygen atoms in total. The summed E-state index contributed by atoms with van der Waals surface area (Å²) in [5.41, 5.74) is 0.949. The van der Waals surface area contributed by atoms with Crippen molar-refractivity contribution in [3.05, 3.63) is 58.1 Å². The van der Waals surface area contributed by atoms with Crippen LogP contribution in [0.25, 0.3) is 0 Å². The van der Waals surface area contributed by atoms with Crippen LogP contribution in [0.1, 0.15) is 18.4 Å². The number of rotatable bonds is 10. The molecule has 0 bridgehead atoms. The Bertz CT molecular complexity index is 859. The van der Waals surface area contributed by atoms with Gasteiger partial charge in [0.2, 0.25) is 0 Å². The molecule has 1 amide bonds. The molecular formula is C23H28Cl2N2O4. The second kappa shape index (κ2) is 12.2. The second-order valence-electron chi connectivity index (χ2n) is 7.46. The van der Waals surface area contributed by atoms with Crippen molar-refractivity contribution in [1.82, 2.24) is 10.2 Å². The number of hydrogen-bond acceptors (Lipinski definition) is 5. The summed E-state index contributed by atoms with van der Waals surface area (Å²) in [4.78, 5) is 14.4. The summed E-state index contributed by atoms with van der Waals surface area (Å²) in [6.45, 7) is 3.37. The Balaban J connectivity index is 1.39. The molecular weight excluding hydrogens is 439 g/mol. The quantitative estimate of drug-likeness (QED) is 0.568. The first kappa shape index (κ1) is 23.7. The van der Waals surface area contributed by atoms with Crippen molar-refractivity contribution in [3.8, 4) is 11.5 Å². The van der Waals surface area contributed by atoms with E-state index in [1.807, 2.05) is 24.3 Å². The third-order valence-corrected chi connectivity index (χ3v) is 5.71. The first-order valence-corrected chi connectivity index (χ1v) is 11.1. The SMILES string of the molecule is CN(CCOc1cccc(CNC(=O)COc2cc(Cl)ccc2Cl)c1)C1CCOCC1. The maximum absolute atomic E-state index is 12.1. The highest BCUT2D eigenvalue weighted by Gasteiger charge is 2.18. The molecule has 0 aliphatic carbocycles. The third kappa shape index (κ3) is 7.89. The smallest absolute Gasteiger partial charge is 0.258 e. The molecule has 2 aromatic carbocycles. The minimum atomic E-state index is -0.250. The lowest BCUT2D eigenvalue weighted by Crippen LogP contribution is -2.38. The largest absolute Gasteiger partial charge is 0.492 e. The molecule has 1 aliphatic rings. The summed E-state index contributed by atoms with van der Waals surface area (Å²) < 4.78 is 16.8. The fourth-order valence-electron chi connectivity index (χ4n) is 3.34. The standard InChI is InChI=1S/C23H28Cl2N2O4/c1-27(19-7-10-29-11-8-19)9-12-30-20-4-2-3-17(13-20)15-26-23(28)16-31-22-14-18(24)5-6-21(22)25/h2-6,13-14,19H,7-12,15-16H2,1H3,(H,26,28). The van der Waals surface area contributed by atoms with Crippen LogP contribution in [0.2, 0.25) is 10.0 Å². The van der Waals surface area contributed by atoms with E-state index in [2.05, 4.69) is 17.3 Å². The van der Waals surface area contributed by atoms with Gasteiger partial charge in [-0.25, -0.2) is 0 Å². The number of carbonyl (C=O) groups excluding carboxylic acids is 1. The zero-order valence-corrected chi connectivity index (χ0v) is 19.1. The predicted octanol–water partition coefficient (Wildman–Crippen LogP) is 4.18. The summed E-state index contributed by atoms with van der Waals surface area (Å²) in [5.74, 6) is 0.917. The maximum atomic E-state index is 12.1. The fourth-order valence-corrected chi connectivity index (χ4v) is 3.68. The number of benzene rings is 2. The molecule has 1 N–H and O–H groups in total.